The van der Waals surface area contributed by atoms with Crippen LogP contribution in [0.5, 0.6) is 0 Å². The highest BCUT2D eigenvalue weighted by molar-refractivity contribution is 9.10. The summed E-state index contributed by atoms with van der Waals surface area (Å²) in [5, 5.41) is 6.74. The van der Waals surface area contributed by atoms with Crippen molar-refractivity contribution in [2.45, 2.75) is 32.9 Å². The molecule has 0 bridgehead atoms. The third-order valence-electron chi connectivity index (χ3n) is 3.64. The summed E-state index contributed by atoms with van der Waals surface area (Å²) in [5.74, 6) is 1.63. The summed E-state index contributed by atoms with van der Waals surface area (Å²) in [6, 6.07) is 4.56. The second kappa shape index (κ2) is 6.05. The maximum Gasteiger partial charge on any atom is 0.191 e. The highest BCUT2D eigenvalue weighted by atomic mass is 79.9. The minimum absolute atomic E-state index is 0.569. The molecule has 3 rings (SSSR count). The van der Waals surface area contributed by atoms with E-state index in [4.69, 9.17) is 0 Å². The molecule has 112 valence electrons. The highest BCUT2D eigenvalue weighted by Crippen LogP contribution is 2.28. The normalized spacial score (nSPS) is 21.6. The van der Waals surface area contributed by atoms with E-state index in [0.29, 0.717) is 12.6 Å². The molecule has 2 aromatic heterocycles. The number of aliphatic imine (C=N–C) groups is 1. The molecule has 0 radical (unpaired) electrons. The number of nitrogens with one attached hydrogen (secondary N) is 2. The van der Waals surface area contributed by atoms with Gasteiger partial charge in [-0.3, -0.25) is 0 Å². The molecule has 1 aliphatic rings. The Kier molecular flexibility index (Phi) is 4.14. The monoisotopic (exact) mass is 349 g/mol. The number of rotatable bonds is 4. The Hall–Kier alpha value is -1.56. The Bertz CT molecular complexity index is 663. The summed E-state index contributed by atoms with van der Waals surface area (Å²) in [6.45, 7) is 5.78. The molecule has 2 N–H and O–H groups in total. The van der Waals surface area contributed by atoms with Crippen molar-refractivity contribution in [2.24, 2.45) is 10.9 Å². The smallest absolute Gasteiger partial charge is 0.191 e. The van der Waals surface area contributed by atoms with E-state index in [1.165, 1.54) is 6.42 Å². The first kappa shape index (κ1) is 14.4. The van der Waals surface area contributed by atoms with E-state index in [1.807, 2.05) is 28.9 Å². The zero-order valence-electron chi connectivity index (χ0n) is 12.3. The Labute approximate surface area is 133 Å². The Balaban J connectivity index is 1.71. The molecular weight excluding hydrogens is 330 g/mol. The highest BCUT2D eigenvalue weighted by Gasteiger charge is 2.33. The Morgan fingerprint density at radius 1 is 1.48 bits per heavy atom. The van der Waals surface area contributed by atoms with Gasteiger partial charge in [-0.15, -0.1) is 0 Å². The lowest BCUT2D eigenvalue weighted by Gasteiger charge is -2.10. The molecule has 5 nitrogen and oxygen atoms in total. The third-order valence-corrected chi connectivity index (χ3v) is 4.11. The van der Waals surface area contributed by atoms with Crippen LogP contribution in [0.15, 0.2) is 34.0 Å². The zero-order valence-corrected chi connectivity index (χ0v) is 13.9. The topological polar surface area (TPSA) is 53.7 Å². The van der Waals surface area contributed by atoms with E-state index in [1.54, 1.807) is 0 Å². The number of halogens is 1. The molecule has 0 aromatic carbocycles. The number of fused-ring (bicyclic) bond motifs is 1. The van der Waals surface area contributed by atoms with Gasteiger partial charge in [0.25, 0.3) is 0 Å². The molecule has 1 saturated carbocycles. The molecule has 1 aliphatic carbocycles. The molecule has 0 saturated heterocycles. The van der Waals surface area contributed by atoms with Crippen LogP contribution in [0.3, 0.4) is 0 Å². The van der Waals surface area contributed by atoms with Crippen molar-refractivity contribution >= 4 is 27.5 Å². The molecule has 0 aliphatic heterocycles. The lowest BCUT2D eigenvalue weighted by Crippen LogP contribution is -2.39. The molecule has 2 aromatic rings. The predicted octanol–water partition coefficient (Wildman–Crippen LogP) is 2.56. The van der Waals surface area contributed by atoms with E-state index < -0.39 is 0 Å². The van der Waals surface area contributed by atoms with Gasteiger partial charge in [-0.25, -0.2) is 9.98 Å². The standard InChI is InChI=1S/C15H20BrN5/c1-3-17-15(20-13-6-10(13)2)18-7-12-9-21-8-11(16)4-5-14(21)19-12/h4-5,8-10,13H,3,6-7H2,1-2H3,(H2,17,18,20). The first-order valence-electron chi connectivity index (χ1n) is 7.33. The van der Waals surface area contributed by atoms with Crippen LogP contribution >= 0.6 is 15.9 Å². The van der Waals surface area contributed by atoms with Gasteiger partial charge in [-0.1, -0.05) is 6.92 Å². The van der Waals surface area contributed by atoms with Crippen molar-refractivity contribution in [1.82, 2.24) is 20.0 Å². The van der Waals surface area contributed by atoms with Gasteiger partial charge in [0, 0.05) is 29.5 Å². The van der Waals surface area contributed by atoms with Gasteiger partial charge in [0.15, 0.2) is 5.96 Å². The predicted molar refractivity (Wildman–Crippen MR) is 88.4 cm³/mol. The first-order chi connectivity index (χ1) is 10.2. The van der Waals surface area contributed by atoms with Gasteiger partial charge in [-0.05, 0) is 47.3 Å². The average Bonchev–Trinajstić information content (AvgIpc) is 2.99. The fourth-order valence-electron chi connectivity index (χ4n) is 2.27. The molecule has 0 spiro atoms. The molecule has 2 unspecified atom stereocenters. The number of guanidine groups is 1. The van der Waals surface area contributed by atoms with E-state index in [2.05, 4.69) is 50.4 Å². The minimum Gasteiger partial charge on any atom is -0.357 e. The van der Waals surface area contributed by atoms with Gasteiger partial charge in [0.2, 0.25) is 0 Å². The number of nitrogens with zero attached hydrogens (tertiary/aromatic N) is 3. The number of imidazole rings is 1. The molecular formula is C15H20BrN5. The molecule has 21 heavy (non-hydrogen) atoms. The fraction of sp³-hybridized carbons (Fsp3) is 0.467. The zero-order chi connectivity index (χ0) is 14.8. The van der Waals surface area contributed by atoms with Gasteiger partial charge in [0.1, 0.15) is 5.65 Å². The van der Waals surface area contributed by atoms with Gasteiger partial charge >= 0.3 is 0 Å². The number of aromatic nitrogens is 2. The Morgan fingerprint density at radius 2 is 2.29 bits per heavy atom. The van der Waals surface area contributed by atoms with Gasteiger partial charge in [0.05, 0.1) is 12.2 Å². The summed E-state index contributed by atoms with van der Waals surface area (Å²) in [4.78, 5) is 9.20. The SMILES string of the molecule is CCNC(=NCc1cn2cc(Br)ccc2n1)NC1CC1C. The van der Waals surface area contributed by atoms with E-state index in [9.17, 15) is 0 Å². The largest absolute Gasteiger partial charge is 0.357 e. The Morgan fingerprint density at radius 3 is 3.00 bits per heavy atom. The van der Waals surface area contributed by atoms with Crippen LogP contribution in [0.4, 0.5) is 0 Å². The summed E-state index contributed by atoms with van der Waals surface area (Å²) in [5.41, 5.74) is 1.91. The van der Waals surface area contributed by atoms with Crippen molar-refractivity contribution in [3.05, 3.63) is 34.7 Å². The van der Waals surface area contributed by atoms with Crippen LogP contribution in [0, 0.1) is 5.92 Å². The fourth-order valence-corrected chi connectivity index (χ4v) is 2.62. The lowest BCUT2D eigenvalue weighted by molar-refractivity contribution is 0.765. The van der Waals surface area contributed by atoms with E-state index in [-0.39, 0.29) is 0 Å². The van der Waals surface area contributed by atoms with Crippen molar-refractivity contribution in [2.75, 3.05) is 6.54 Å². The summed E-state index contributed by atoms with van der Waals surface area (Å²) >= 11 is 3.47. The first-order valence-corrected chi connectivity index (χ1v) is 8.13. The van der Waals surface area contributed by atoms with Crippen LogP contribution in [-0.2, 0) is 6.54 Å². The molecule has 2 heterocycles. The van der Waals surface area contributed by atoms with Crippen molar-refractivity contribution in [3.8, 4) is 0 Å². The van der Waals surface area contributed by atoms with Gasteiger partial charge < -0.3 is 15.0 Å². The van der Waals surface area contributed by atoms with Crippen LogP contribution in [0.25, 0.3) is 5.65 Å². The number of pyridine rings is 1. The van der Waals surface area contributed by atoms with E-state index >= 15 is 0 Å². The third kappa shape index (κ3) is 3.56. The number of hydrogen-bond acceptors (Lipinski definition) is 2. The van der Waals surface area contributed by atoms with Crippen molar-refractivity contribution in [1.29, 1.82) is 0 Å². The molecule has 0 amide bonds. The molecule has 1 fully saturated rings. The van der Waals surface area contributed by atoms with Crippen LogP contribution in [-0.4, -0.2) is 27.9 Å². The maximum absolute atomic E-state index is 4.62. The number of hydrogen-bond donors (Lipinski definition) is 2. The minimum atomic E-state index is 0.569. The second-order valence-electron chi connectivity index (χ2n) is 5.50. The van der Waals surface area contributed by atoms with Gasteiger partial charge in [-0.2, -0.15) is 0 Å². The molecule has 6 heteroatoms. The van der Waals surface area contributed by atoms with Crippen molar-refractivity contribution in [3.63, 3.8) is 0 Å². The molecule has 2 atom stereocenters. The van der Waals surface area contributed by atoms with Crippen LogP contribution < -0.4 is 10.6 Å². The van der Waals surface area contributed by atoms with Crippen LogP contribution in [0.1, 0.15) is 26.0 Å². The maximum atomic E-state index is 4.62. The quantitative estimate of drug-likeness (QED) is 0.658. The average molecular weight is 350 g/mol. The van der Waals surface area contributed by atoms with Crippen molar-refractivity contribution < 1.29 is 0 Å². The second-order valence-corrected chi connectivity index (χ2v) is 6.42. The van der Waals surface area contributed by atoms with E-state index in [0.717, 1.165) is 34.2 Å². The summed E-state index contributed by atoms with van der Waals surface area (Å²) in [7, 11) is 0. The summed E-state index contributed by atoms with van der Waals surface area (Å²) in [6.07, 6.45) is 5.25. The summed E-state index contributed by atoms with van der Waals surface area (Å²) < 4.78 is 3.05. The lowest BCUT2D eigenvalue weighted by atomic mass is 10.5. The van der Waals surface area contributed by atoms with Crippen LogP contribution in [0.2, 0.25) is 0 Å².